The van der Waals surface area contributed by atoms with Gasteiger partial charge in [0, 0.05) is 19.1 Å². The van der Waals surface area contributed by atoms with Crippen molar-refractivity contribution in [3.05, 3.63) is 23.3 Å². The lowest BCUT2D eigenvalue weighted by molar-refractivity contribution is -0.149. The molecular weight excluding hydrogens is 356 g/mol. The Morgan fingerprint density at radius 2 is 1.64 bits per heavy atom. The summed E-state index contributed by atoms with van der Waals surface area (Å²) in [6, 6.07) is 4.12. The van der Waals surface area contributed by atoms with Crippen molar-refractivity contribution in [2.75, 3.05) is 20.8 Å². The summed E-state index contributed by atoms with van der Waals surface area (Å²) in [6.45, 7) is 4.55. The summed E-state index contributed by atoms with van der Waals surface area (Å²) in [7, 11) is 3.23. The zero-order valence-electron chi connectivity index (χ0n) is 17.5. The lowest BCUT2D eigenvalue weighted by atomic mass is 9.87. The van der Waals surface area contributed by atoms with Gasteiger partial charge in [0.15, 0.2) is 11.5 Å². The van der Waals surface area contributed by atoms with Crippen LogP contribution in [0.2, 0.25) is 0 Å². The summed E-state index contributed by atoms with van der Waals surface area (Å²) in [4.78, 5) is 27.8. The quantitative estimate of drug-likeness (QED) is 0.787. The van der Waals surface area contributed by atoms with E-state index >= 15 is 0 Å². The van der Waals surface area contributed by atoms with Gasteiger partial charge in [-0.1, -0.05) is 19.3 Å². The third-order valence-electron chi connectivity index (χ3n) is 6.05. The van der Waals surface area contributed by atoms with Gasteiger partial charge in [-0.05, 0) is 56.4 Å². The molecule has 0 spiro atoms. The number of carbonyl (C=O) groups is 2. The predicted molar refractivity (Wildman–Crippen MR) is 107 cm³/mol. The van der Waals surface area contributed by atoms with Crippen LogP contribution in [0.1, 0.15) is 57.1 Å². The topological polar surface area (TPSA) is 67.9 Å². The smallest absolute Gasteiger partial charge is 0.238 e. The Balaban J connectivity index is 1.71. The summed E-state index contributed by atoms with van der Waals surface area (Å²) >= 11 is 0. The van der Waals surface area contributed by atoms with Gasteiger partial charge in [-0.25, -0.2) is 0 Å². The molecule has 0 radical (unpaired) electrons. The van der Waals surface area contributed by atoms with Crippen molar-refractivity contribution in [1.29, 1.82) is 0 Å². The zero-order valence-corrected chi connectivity index (χ0v) is 17.5. The highest BCUT2D eigenvalue weighted by molar-refractivity contribution is 6.04. The molecule has 1 aliphatic carbocycles. The molecule has 1 fully saturated rings. The largest absolute Gasteiger partial charge is 0.493 e. The van der Waals surface area contributed by atoms with Gasteiger partial charge >= 0.3 is 0 Å². The molecule has 6 nitrogen and oxygen atoms in total. The standard InChI is InChI=1S/C22H32N2O4/c1-22(2,20(25)23-17-8-6-5-7-9-17)21(26)24-11-10-15-12-18(27-3)19(28-4)13-16(15)14-24/h12-13,17H,5-11,14H2,1-4H3,(H,23,25). The van der Waals surface area contributed by atoms with Crippen molar-refractivity contribution in [1.82, 2.24) is 10.2 Å². The van der Waals surface area contributed by atoms with Gasteiger partial charge < -0.3 is 19.7 Å². The average Bonchev–Trinajstić information content (AvgIpc) is 2.72. The van der Waals surface area contributed by atoms with E-state index in [4.69, 9.17) is 9.47 Å². The second kappa shape index (κ2) is 8.41. The van der Waals surface area contributed by atoms with Crippen molar-refractivity contribution in [2.45, 2.75) is 65.0 Å². The lowest BCUT2D eigenvalue weighted by Crippen LogP contribution is -2.52. The van der Waals surface area contributed by atoms with Crippen molar-refractivity contribution in [3.63, 3.8) is 0 Å². The van der Waals surface area contributed by atoms with E-state index in [-0.39, 0.29) is 17.9 Å². The maximum atomic E-state index is 13.2. The molecule has 2 amide bonds. The highest BCUT2D eigenvalue weighted by Crippen LogP contribution is 2.34. The molecule has 1 N–H and O–H groups in total. The van der Waals surface area contributed by atoms with Crippen LogP contribution < -0.4 is 14.8 Å². The van der Waals surface area contributed by atoms with E-state index in [2.05, 4.69) is 5.32 Å². The molecule has 1 saturated carbocycles. The first kappa shape index (κ1) is 20.5. The Kier molecular flexibility index (Phi) is 6.16. The number of carbonyl (C=O) groups excluding carboxylic acids is 2. The molecule has 0 atom stereocenters. The van der Waals surface area contributed by atoms with Crippen molar-refractivity contribution in [3.8, 4) is 11.5 Å². The molecule has 2 aliphatic rings. The van der Waals surface area contributed by atoms with Gasteiger partial charge in [0.2, 0.25) is 11.8 Å². The third kappa shape index (κ3) is 4.10. The number of nitrogens with one attached hydrogen (secondary N) is 1. The molecule has 1 aliphatic heterocycles. The number of amides is 2. The van der Waals surface area contributed by atoms with Gasteiger partial charge in [0.1, 0.15) is 5.41 Å². The molecule has 28 heavy (non-hydrogen) atoms. The first-order chi connectivity index (χ1) is 13.4. The van der Waals surface area contributed by atoms with Crippen LogP contribution in [-0.2, 0) is 22.6 Å². The lowest BCUT2D eigenvalue weighted by Gasteiger charge is -2.36. The van der Waals surface area contributed by atoms with E-state index in [0.717, 1.165) is 43.2 Å². The van der Waals surface area contributed by atoms with Crippen LogP contribution in [0.3, 0.4) is 0 Å². The number of nitrogens with zero attached hydrogens (tertiary/aromatic N) is 1. The molecule has 1 heterocycles. The molecule has 0 bridgehead atoms. The molecule has 0 unspecified atom stereocenters. The molecule has 154 valence electrons. The summed E-state index contributed by atoms with van der Waals surface area (Å²) < 4.78 is 10.8. The Morgan fingerprint density at radius 3 is 2.25 bits per heavy atom. The fraction of sp³-hybridized carbons (Fsp3) is 0.636. The fourth-order valence-electron chi connectivity index (χ4n) is 4.16. The minimum absolute atomic E-state index is 0.124. The molecule has 1 aromatic rings. The summed E-state index contributed by atoms with van der Waals surface area (Å²) in [5.41, 5.74) is 1.12. The van der Waals surface area contributed by atoms with Crippen molar-refractivity contribution in [2.24, 2.45) is 5.41 Å². The number of methoxy groups -OCH3 is 2. The van der Waals surface area contributed by atoms with E-state index < -0.39 is 5.41 Å². The van der Waals surface area contributed by atoms with Crippen LogP contribution in [0.15, 0.2) is 12.1 Å². The zero-order chi connectivity index (χ0) is 20.3. The number of ether oxygens (including phenoxy) is 2. The van der Waals surface area contributed by atoms with E-state index in [1.54, 1.807) is 33.0 Å². The first-order valence-corrected chi connectivity index (χ1v) is 10.2. The SMILES string of the molecule is COc1cc2c(cc1OC)CN(C(=O)C(C)(C)C(=O)NC1CCCCC1)CC2. The summed E-state index contributed by atoms with van der Waals surface area (Å²) in [5.74, 6) is 1.07. The molecular formula is C22H32N2O4. The molecule has 6 heteroatoms. The number of hydrogen-bond acceptors (Lipinski definition) is 4. The van der Waals surface area contributed by atoms with Crippen LogP contribution >= 0.6 is 0 Å². The van der Waals surface area contributed by atoms with E-state index in [1.165, 1.54) is 6.42 Å². The van der Waals surface area contributed by atoms with Gasteiger partial charge in [0.25, 0.3) is 0 Å². The normalized spacial score (nSPS) is 17.6. The van der Waals surface area contributed by atoms with Crippen LogP contribution in [0, 0.1) is 5.41 Å². The molecule has 0 saturated heterocycles. The van der Waals surface area contributed by atoms with E-state index in [1.807, 2.05) is 12.1 Å². The van der Waals surface area contributed by atoms with Crippen LogP contribution in [0.5, 0.6) is 11.5 Å². The number of fused-ring (bicyclic) bond motifs is 1. The maximum absolute atomic E-state index is 13.2. The van der Waals surface area contributed by atoms with Gasteiger partial charge in [-0.2, -0.15) is 0 Å². The van der Waals surface area contributed by atoms with Crippen LogP contribution in [-0.4, -0.2) is 43.5 Å². The molecule has 0 aromatic heterocycles. The van der Waals surface area contributed by atoms with E-state index in [9.17, 15) is 9.59 Å². The van der Waals surface area contributed by atoms with Crippen LogP contribution in [0.4, 0.5) is 0 Å². The highest BCUT2D eigenvalue weighted by Gasteiger charge is 2.41. The molecule has 1 aromatic carbocycles. The maximum Gasteiger partial charge on any atom is 0.238 e. The minimum atomic E-state index is -1.08. The Morgan fingerprint density at radius 1 is 1.04 bits per heavy atom. The summed E-state index contributed by atoms with van der Waals surface area (Å²) in [6.07, 6.45) is 6.28. The third-order valence-corrected chi connectivity index (χ3v) is 6.05. The second-order valence-corrected chi connectivity index (χ2v) is 8.39. The van der Waals surface area contributed by atoms with Gasteiger partial charge in [-0.15, -0.1) is 0 Å². The number of hydrogen-bond donors (Lipinski definition) is 1. The Bertz CT molecular complexity index is 738. The van der Waals surface area contributed by atoms with Gasteiger partial charge in [-0.3, -0.25) is 9.59 Å². The predicted octanol–water partition coefficient (Wildman–Crippen LogP) is 3.06. The van der Waals surface area contributed by atoms with Crippen molar-refractivity contribution >= 4 is 11.8 Å². The van der Waals surface area contributed by atoms with E-state index in [0.29, 0.717) is 24.6 Å². The van der Waals surface area contributed by atoms with Crippen molar-refractivity contribution < 1.29 is 19.1 Å². The fourth-order valence-corrected chi connectivity index (χ4v) is 4.16. The monoisotopic (exact) mass is 388 g/mol. The summed E-state index contributed by atoms with van der Waals surface area (Å²) in [5, 5.41) is 3.11. The minimum Gasteiger partial charge on any atom is -0.493 e. The average molecular weight is 389 g/mol. The number of benzene rings is 1. The Hall–Kier alpha value is -2.24. The first-order valence-electron chi connectivity index (χ1n) is 10.2. The number of rotatable bonds is 5. The van der Waals surface area contributed by atoms with Gasteiger partial charge in [0.05, 0.1) is 14.2 Å². The Labute approximate surface area is 167 Å². The van der Waals surface area contributed by atoms with Crippen LogP contribution in [0.25, 0.3) is 0 Å². The molecule has 3 rings (SSSR count). The second-order valence-electron chi connectivity index (χ2n) is 8.39. The highest BCUT2D eigenvalue weighted by atomic mass is 16.5.